The van der Waals surface area contributed by atoms with Gasteiger partial charge in [0.15, 0.2) is 0 Å². The maximum atomic E-state index is 12.8. The van der Waals surface area contributed by atoms with E-state index in [1.807, 2.05) is 29.2 Å². The topological polar surface area (TPSA) is 85.2 Å². The predicted molar refractivity (Wildman–Crippen MR) is 105 cm³/mol. The first-order valence-electron chi connectivity index (χ1n) is 9.53. The van der Waals surface area contributed by atoms with E-state index in [1.165, 1.54) is 0 Å². The molecule has 1 saturated heterocycles. The summed E-state index contributed by atoms with van der Waals surface area (Å²) in [5.41, 5.74) is 7.71. The molecule has 6 heteroatoms. The molecule has 2 aromatic rings. The van der Waals surface area contributed by atoms with Gasteiger partial charge in [-0.3, -0.25) is 4.79 Å². The van der Waals surface area contributed by atoms with Crippen molar-refractivity contribution in [2.24, 2.45) is 16.6 Å². The van der Waals surface area contributed by atoms with Crippen molar-refractivity contribution in [3.63, 3.8) is 0 Å². The van der Waals surface area contributed by atoms with Crippen LogP contribution in [0.15, 0.2) is 28.8 Å². The van der Waals surface area contributed by atoms with Crippen LogP contribution in [0.4, 0.5) is 0 Å². The highest BCUT2D eigenvalue weighted by molar-refractivity contribution is 5.94. The van der Waals surface area contributed by atoms with Gasteiger partial charge in [-0.15, -0.1) is 0 Å². The lowest BCUT2D eigenvalue weighted by atomic mass is 9.79. The van der Waals surface area contributed by atoms with Crippen LogP contribution in [0.5, 0.6) is 0 Å². The van der Waals surface area contributed by atoms with Gasteiger partial charge in [-0.2, -0.15) is 4.98 Å². The molecule has 1 amide bonds. The average molecular weight is 370 g/mol. The first-order valence-corrected chi connectivity index (χ1v) is 9.53. The molecule has 1 aromatic carbocycles. The van der Waals surface area contributed by atoms with E-state index in [-0.39, 0.29) is 22.8 Å². The molecule has 1 unspecified atom stereocenters. The number of rotatable bonds is 3. The number of amides is 1. The van der Waals surface area contributed by atoms with Crippen molar-refractivity contribution in [1.82, 2.24) is 15.0 Å². The van der Waals surface area contributed by atoms with E-state index in [4.69, 9.17) is 10.3 Å². The van der Waals surface area contributed by atoms with Crippen molar-refractivity contribution in [1.29, 1.82) is 0 Å². The summed E-state index contributed by atoms with van der Waals surface area (Å²) in [6.45, 7) is 12.0. The molecule has 3 rings (SSSR count). The summed E-state index contributed by atoms with van der Waals surface area (Å²) in [6, 6.07) is 7.54. The highest BCUT2D eigenvalue weighted by Crippen LogP contribution is 2.29. The minimum Gasteiger partial charge on any atom is -0.339 e. The molecule has 1 fully saturated rings. The number of aromatic nitrogens is 2. The number of likely N-dealkylation sites (tertiary alicyclic amines) is 1. The van der Waals surface area contributed by atoms with Crippen molar-refractivity contribution in [3.05, 3.63) is 35.7 Å². The second-order valence-electron chi connectivity index (χ2n) is 9.44. The Bertz CT molecular complexity index is 802. The second-order valence-corrected chi connectivity index (χ2v) is 9.44. The fourth-order valence-electron chi connectivity index (χ4n) is 3.39. The average Bonchev–Trinajstić information content (AvgIpc) is 3.03. The number of carbonyl (C=O) groups is 1. The zero-order valence-corrected chi connectivity index (χ0v) is 17.0. The van der Waals surface area contributed by atoms with Gasteiger partial charge >= 0.3 is 0 Å². The van der Waals surface area contributed by atoms with E-state index in [2.05, 4.69) is 44.8 Å². The van der Waals surface area contributed by atoms with Crippen LogP contribution in [0.1, 0.15) is 57.3 Å². The van der Waals surface area contributed by atoms with Gasteiger partial charge in [0.25, 0.3) is 5.91 Å². The molecule has 2 heterocycles. The Morgan fingerprint density at radius 3 is 2.56 bits per heavy atom. The zero-order valence-electron chi connectivity index (χ0n) is 17.0. The van der Waals surface area contributed by atoms with Crippen LogP contribution in [-0.4, -0.2) is 40.1 Å². The molecule has 1 aliphatic heterocycles. The number of carbonyl (C=O) groups excluding carboxylic acids is 1. The molecule has 2 N–H and O–H groups in total. The van der Waals surface area contributed by atoms with E-state index < -0.39 is 0 Å². The lowest BCUT2D eigenvalue weighted by Crippen LogP contribution is -2.53. The van der Waals surface area contributed by atoms with Crippen molar-refractivity contribution in [2.45, 2.75) is 53.5 Å². The maximum absolute atomic E-state index is 12.8. The van der Waals surface area contributed by atoms with Crippen LogP contribution in [0.3, 0.4) is 0 Å². The van der Waals surface area contributed by atoms with Crippen molar-refractivity contribution >= 4 is 5.91 Å². The van der Waals surface area contributed by atoms with Gasteiger partial charge in [-0.05, 0) is 29.4 Å². The summed E-state index contributed by atoms with van der Waals surface area (Å²) in [5, 5.41) is 4.07. The number of nitrogens with two attached hydrogens (primary N) is 1. The third-order valence-electron chi connectivity index (χ3n) is 5.14. The van der Waals surface area contributed by atoms with E-state index in [0.717, 1.165) is 18.4 Å². The Labute approximate surface area is 161 Å². The molecule has 6 nitrogen and oxygen atoms in total. The quantitative estimate of drug-likeness (QED) is 0.893. The highest BCUT2D eigenvalue weighted by Gasteiger charge is 2.35. The van der Waals surface area contributed by atoms with Crippen LogP contribution in [0.25, 0.3) is 11.4 Å². The molecule has 0 saturated carbocycles. The zero-order chi connectivity index (χ0) is 19.8. The summed E-state index contributed by atoms with van der Waals surface area (Å²) in [5.74, 6) is 1.23. The van der Waals surface area contributed by atoms with Crippen LogP contribution in [-0.2, 0) is 6.42 Å². The lowest BCUT2D eigenvalue weighted by molar-refractivity contribution is 0.0533. The second kappa shape index (κ2) is 7.08. The van der Waals surface area contributed by atoms with Crippen molar-refractivity contribution < 1.29 is 9.32 Å². The summed E-state index contributed by atoms with van der Waals surface area (Å²) in [6.07, 6.45) is 1.56. The van der Waals surface area contributed by atoms with E-state index in [9.17, 15) is 4.79 Å². The minimum atomic E-state index is -0.0675. The monoisotopic (exact) mass is 370 g/mol. The molecule has 0 aliphatic carbocycles. The molecule has 0 radical (unpaired) electrons. The third-order valence-corrected chi connectivity index (χ3v) is 5.14. The van der Waals surface area contributed by atoms with Gasteiger partial charge < -0.3 is 15.2 Å². The Morgan fingerprint density at radius 2 is 1.96 bits per heavy atom. The Hall–Kier alpha value is -2.21. The first kappa shape index (κ1) is 19.5. The van der Waals surface area contributed by atoms with Crippen molar-refractivity contribution in [3.8, 4) is 11.4 Å². The van der Waals surface area contributed by atoms with Gasteiger partial charge in [0.05, 0.1) is 0 Å². The van der Waals surface area contributed by atoms with Crippen LogP contribution < -0.4 is 5.73 Å². The molecule has 1 atom stereocenters. The summed E-state index contributed by atoms with van der Waals surface area (Å²) in [7, 11) is 0. The molecular weight excluding hydrogens is 340 g/mol. The number of nitrogens with zero attached hydrogens (tertiary/aromatic N) is 3. The molecule has 0 bridgehead atoms. The Morgan fingerprint density at radius 1 is 1.30 bits per heavy atom. The molecular formula is C21H30N4O2. The van der Waals surface area contributed by atoms with Gasteiger partial charge in [0.2, 0.25) is 11.7 Å². The standard InChI is InChI=1S/C21H30N4O2/c1-20(2,3)12-17-23-18(24-27-17)14-6-8-15(9-7-14)19(26)25-11-10-16(22)21(4,5)13-25/h6-9,16H,10-13,22H2,1-5H3. The van der Waals surface area contributed by atoms with Crippen molar-refractivity contribution in [2.75, 3.05) is 13.1 Å². The smallest absolute Gasteiger partial charge is 0.253 e. The normalized spacial score (nSPS) is 19.9. The molecule has 27 heavy (non-hydrogen) atoms. The fraction of sp³-hybridized carbons (Fsp3) is 0.571. The number of piperidine rings is 1. The molecule has 1 aromatic heterocycles. The summed E-state index contributed by atoms with van der Waals surface area (Å²) in [4.78, 5) is 19.2. The Kier molecular flexibility index (Phi) is 5.12. The predicted octanol–water partition coefficient (Wildman–Crippen LogP) is 3.52. The van der Waals surface area contributed by atoms with E-state index in [0.29, 0.717) is 30.4 Å². The van der Waals surface area contributed by atoms with Crippen LogP contribution in [0.2, 0.25) is 0 Å². The highest BCUT2D eigenvalue weighted by atomic mass is 16.5. The summed E-state index contributed by atoms with van der Waals surface area (Å²) < 4.78 is 5.35. The van der Waals surface area contributed by atoms with Crippen LogP contribution in [0, 0.1) is 10.8 Å². The third kappa shape index (κ3) is 4.56. The first-order chi connectivity index (χ1) is 12.5. The number of benzene rings is 1. The molecule has 146 valence electrons. The lowest BCUT2D eigenvalue weighted by Gasteiger charge is -2.42. The minimum absolute atomic E-state index is 0.0445. The van der Waals surface area contributed by atoms with Gasteiger partial charge in [-0.1, -0.05) is 51.9 Å². The molecule has 1 aliphatic rings. The number of hydrogen-bond donors (Lipinski definition) is 1. The fourth-order valence-corrected chi connectivity index (χ4v) is 3.39. The SMILES string of the molecule is CC(C)(C)Cc1nc(-c2ccc(C(=O)N3CCC(N)C(C)(C)C3)cc2)no1. The largest absolute Gasteiger partial charge is 0.339 e. The van der Waals surface area contributed by atoms with Gasteiger partial charge in [-0.25, -0.2) is 0 Å². The molecule has 0 spiro atoms. The van der Waals surface area contributed by atoms with Gasteiger partial charge in [0, 0.05) is 36.7 Å². The van der Waals surface area contributed by atoms with E-state index in [1.54, 1.807) is 0 Å². The number of hydrogen-bond acceptors (Lipinski definition) is 5. The van der Waals surface area contributed by atoms with Gasteiger partial charge in [0.1, 0.15) is 0 Å². The Balaban J connectivity index is 1.71. The maximum Gasteiger partial charge on any atom is 0.253 e. The van der Waals surface area contributed by atoms with E-state index >= 15 is 0 Å². The van der Waals surface area contributed by atoms with Crippen LogP contribution >= 0.6 is 0 Å². The summed E-state index contributed by atoms with van der Waals surface area (Å²) >= 11 is 0.